The van der Waals surface area contributed by atoms with Crippen LogP contribution in [0.15, 0.2) is 71.6 Å². The van der Waals surface area contributed by atoms with E-state index in [-0.39, 0.29) is 27.2 Å². The molecule has 37 heavy (non-hydrogen) atoms. The van der Waals surface area contributed by atoms with Gasteiger partial charge in [0.25, 0.3) is 10.0 Å². The van der Waals surface area contributed by atoms with Gasteiger partial charge < -0.3 is 5.32 Å². The van der Waals surface area contributed by atoms with Crippen LogP contribution in [0.5, 0.6) is 0 Å². The Morgan fingerprint density at radius 3 is 2.32 bits per heavy atom. The smallest absolute Gasteiger partial charge is 0.354 e. The van der Waals surface area contributed by atoms with Crippen molar-refractivity contribution in [1.29, 1.82) is 0 Å². The molecule has 0 unspecified atom stereocenters. The first-order valence-corrected chi connectivity index (χ1v) is 14.0. The van der Waals surface area contributed by atoms with Crippen LogP contribution in [0.25, 0.3) is 0 Å². The summed E-state index contributed by atoms with van der Waals surface area (Å²) in [5.74, 6) is -0.636. The van der Waals surface area contributed by atoms with E-state index in [9.17, 15) is 30.8 Å². The van der Waals surface area contributed by atoms with Crippen molar-refractivity contribution in [3.8, 4) is 0 Å². The molecule has 0 aliphatic carbocycles. The summed E-state index contributed by atoms with van der Waals surface area (Å²) in [6.07, 6.45) is -4.76. The van der Waals surface area contributed by atoms with Gasteiger partial charge in [-0.3, -0.25) is 9.10 Å². The molecule has 1 N–H and O–H groups in total. The van der Waals surface area contributed by atoms with Gasteiger partial charge >= 0.3 is 6.18 Å². The van der Waals surface area contributed by atoms with E-state index < -0.39 is 45.7 Å². The quantitative estimate of drug-likeness (QED) is 0.218. The summed E-state index contributed by atoms with van der Waals surface area (Å²) in [6, 6.07) is 13.5. The molecule has 0 atom stereocenters. The van der Waals surface area contributed by atoms with E-state index in [1.54, 1.807) is 12.1 Å². The Morgan fingerprint density at radius 1 is 0.973 bits per heavy atom. The number of carbonyl (C=O) groups is 1. The third kappa shape index (κ3) is 7.53. The molecule has 3 rings (SSSR count). The Balaban J connectivity index is 1.76. The Bertz CT molecular complexity index is 1340. The zero-order valence-corrected chi connectivity index (χ0v) is 22.1. The Labute approximate surface area is 225 Å². The number of halogens is 6. The third-order valence-electron chi connectivity index (χ3n) is 5.04. The zero-order valence-electron chi connectivity index (χ0n) is 18.9. The van der Waals surface area contributed by atoms with Crippen LogP contribution in [0.4, 0.5) is 23.2 Å². The van der Waals surface area contributed by atoms with Gasteiger partial charge in [0.05, 0.1) is 21.2 Å². The number of amides is 1. The van der Waals surface area contributed by atoms with E-state index in [2.05, 4.69) is 5.32 Å². The monoisotopic (exact) mass is 594 g/mol. The molecule has 0 heterocycles. The van der Waals surface area contributed by atoms with Crippen LogP contribution in [0.2, 0.25) is 10.0 Å². The molecule has 3 aromatic carbocycles. The van der Waals surface area contributed by atoms with E-state index in [0.717, 1.165) is 12.1 Å². The van der Waals surface area contributed by atoms with Gasteiger partial charge in [-0.05, 0) is 42.5 Å². The number of nitrogens with one attached hydrogen (secondary N) is 1. The van der Waals surface area contributed by atoms with E-state index in [1.807, 2.05) is 0 Å². The predicted molar refractivity (Wildman–Crippen MR) is 138 cm³/mol. The van der Waals surface area contributed by atoms with Crippen LogP contribution in [0.1, 0.15) is 11.1 Å². The molecular weight excluding hydrogens is 575 g/mol. The van der Waals surface area contributed by atoms with Crippen LogP contribution in [-0.4, -0.2) is 33.2 Å². The minimum atomic E-state index is -4.76. The van der Waals surface area contributed by atoms with Gasteiger partial charge in [0.1, 0.15) is 12.4 Å². The molecule has 0 saturated carbocycles. The van der Waals surface area contributed by atoms with Gasteiger partial charge in [-0.2, -0.15) is 24.9 Å². The number of benzene rings is 3. The second-order valence-electron chi connectivity index (χ2n) is 7.59. The second-order valence-corrected chi connectivity index (χ2v) is 11.4. The van der Waals surface area contributed by atoms with Crippen molar-refractivity contribution < 1.29 is 30.8 Å². The number of rotatable bonds is 10. The van der Waals surface area contributed by atoms with Crippen molar-refractivity contribution in [2.24, 2.45) is 0 Å². The summed E-state index contributed by atoms with van der Waals surface area (Å²) >= 11 is 13.4. The summed E-state index contributed by atoms with van der Waals surface area (Å²) in [5, 5.41) is 2.52. The number of carbonyl (C=O) groups excluding carboxylic acids is 1. The Hall–Kier alpha value is -2.47. The molecular formula is C24H20Cl2F4N2O3S2. The SMILES string of the molecule is O=C(CN(c1cc(C(F)(F)F)ccc1Cl)S(=O)(=O)c1ccccc1)NCCSCc1c(F)cccc1Cl. The second kappa shape index (κ2) is 12.4. The summed E-state index contributed by atoms with van der Waals surface area (Å²) in [6.45, 7) is -0.729. The molecule has 0 spiro atoms. The number of hydrogen-bond donors (Lipinski definition) is 1. The summed E-state index contributed by atoms with van der Waals surface area (Å²) in [5.41, 5.74) is -1.29. The predicted octanol–water partition coefficient (Wildman–Crippen LogP) is 6.40. The fourth-order valence-electron chi connectivity index (χ4n) is 3.19. The summed E-state index contributed by atoms with van der Waals surface area (Å²) < 4.78 is 81.1. The molecule has 3 aromatic rings. The van der Waals surface area contributed by atoms with Crippen LogP contribution in [-0.2, 0) is 26.7 Å². The van der Waals surface area contributed by atoms with Crippen molar-refractivity contribution in [3.05, 3.63) is 93.7 Å². The lowest BCUT2D eigenvalue weighted by Crippen LogP contribution is -2.41. The van der Waals surface area contributed by atoms with E-state index in [1.165, 1.54) is 48.2 Å². The lowest BCUT2D eigenvalue weighted by molar-refractivity contribution is -0.137. The largest absolute Gasteiger partial charge is 0.416 e. The van der Waals surface area contributed by atoms with Crippen LogP contribution >= 0.6 is 35.0 Å². The van der Waals surface area contributed by atoms with Gasteiger partial charge in [0.2, 0.25) is 5.91 Å². The van der Waals surface area contributed by atoms with Crippen molar-refractivity contribution in [3.63, 3.8) is 0 Å². The van der Waals surface area contributed by atoms with E-state index in [4.69, 9.17) is 23.2 Å². The molecule has 1 amide bonds. The van der Waals surface area contributed by atoms with Crippen LogP contribution in [0, 0.1) is 5.82 Å². The minimum Gasteiger partial charge on any atom is -0.354 e. The molecule has 0 aliphatic heterocycles. The Kier molecular flexibility index (Phi) is 9.74. The highest BCUT2D eigenvalue weighted by Crippen LogP contribution is 2.37. The number of nitrogens with zero attached hydrogens (tertiary/aromatic N) is 1. The fourth-order valence-corrected chi connectivity index (χ4v) is 6.11. The topological polar surface area (TPSA) is 66.5 Å². The maximum atomic E-state index is 13.9. The lowest BCUT2D eigenvalue weighted by Gasteiger charge is -2.25. The lowest BCUT2D eigenvalue weighted by atomic mass is 10.2. The highest BCUT2D eigenvalue weighted by Gasteiger charge is 2.34. The fraction of sp³-hybridized carbons (Fsp3) is 0.208. The number of alkyl halides is 3. The first-order chi connectivity index (χ1) is 17.4. The molecule has 13 heteroatoms. The highest BCUT2D eigenvalue weighted by atomic mass is 35.5. The molecule has 198 valence electrons. The van der Waals surface area contributed by atoms with Crippen LogP contribution in [0.3, 0.4) is 0 Å². The van der Waals surface area contributed by atoms with E-state index >= 15 is 0 Å². The normalized spacial score (nSPS) is 11.8. The zero-order chi connectivity index (χ0) is 27.2. The first kappa shape index (κ1) is 29.1. The Morgan fingerprint density at radius 2 is 1.68 bits per heavy atom. The van der Waals surface area contributed by atoms with Gasteiger partial charge in [-0.25, -0.2) is 12.8 Å². The maximum absolute atomic E-state index is 13.9. The summed E-state index contributed by atoms with van der Waals surface area (Å²) in [4.78, 5) is 12.4. The standard InChI is InChI=1S/C24H20Cl2F4N2O3S2/c25-19-7-4-8-21(27)18(19)15-36-12-11-31-23(33)14-32(37(34,35)17-5-2-1-3-6-17)22-13-16(24(28,29)30)9-10-20(22)26/h1-10,13H,11-12,14-15H2,(H,31,33). The molecule has 0 aromatic heterocycles. The molecule has 5 nitrogen and oxygen atoms in total. The first-order valence-electron chi connectivity index (χ1n) is 10.6. The van der Waals surface area contributed by atoms with Crippen molar-refractivity contribution in [2.75, 3.05) is 23.1 Å². The maximum Gasteiger partial charge on any atom is 0.416 e. The highest BCUT2D eigenvalue weighted by molar-refractivity contribution is 7.98. The number of thioether (sulfide) groups is 1. The van der Waals surface area contributed by atoms with Crippen LogP contribution < -0.4 is 9.62 Å². The number of hydrogen-bond acceptors (Lipinski definition) is 4. The molecule has 0 bridgehead atoms. The van der Waals surface area contributed by atoms with Gasteiger partial charge in [0, 0.05) is 28.6 Å². The molecule has 0 radical (unpaired) electrons. The van der Waals surface area contributed by atoms with E-state index in [0.29, 0.717) is 21.7 Å². The molecule has 0 fully saturated rings. The number of sulfonamides is 1. The third-order valence-corrected chi connectivity index (χ3v) is 8.47. The van der Waals surface area contributed by atoms with Crippen molar-refractivity contribution in [2.45, 2.75) is 16.8 Å². The van der Waals surface area contributed by atoms with Crippen molar-refractivity contribution in [1.82, 2.24) is 5.32 Å². The van der Waals surface area contributed by atoms with Gasteiger partial charge in [0.15, 0.2) is 0 Å². The average Bonchev–Trinajstić information content (AvgIpc) is 2.84. The van der Waals surface area contributed by atoms with Gasteiger partial charge in [-0.1, -0.05) is 47.5 Å². The minimum absolute atomic E-state index is 0.0884. The number of anilines is 1. The van der Waals surface area contributed by atoms with Gasteiger partial charge in [-0.15, -0.1) is 0 Å². The molecule has 0 saturated heterocycles. The van der Waals surface area contributed by atoms with Crippen molar-refractivity contribution >= 4 is 56.6 Å². The summed E-state index contributed by atoms with van der Waals surface area (Å²) in [7, 11) is -4.46. The molecule has 0 aliphatic rings. The average molecular weight is 595 g/mol.